The minimum Gasteiger partial charge on any atom is -0.394 e. The number of halogens is 2. The van der Waals surface area contributed by atoms with Crippen molar-refractivity contribution in [2.45, 2.75) is 44.7 Å². The third-order valence-electron chi connectivity index (χ3n) is 4.20. The lowest BCUT2D eigenvalue weighted by atomic mass is 9.77. The van der Waals surface area contributed by atoms with E-state index in [0.29, 0.717) is 18.0 Å². The van der Waals surface area contributed by atoms with Gasteiger partial charge in [-0.05, 0) is 37.7 Å². The highest BCUT2D eigenvalue weighted by Crippen LogP contribution is 2.31. The summed E-state index contributed by atoms with van der Waals surface area (Å²) in [5.41, 5.74) is 0.126. The van der Waals surface area contributed by atoms with Crippen LogP contribution in [0.2, 0.25) is 0 Å². The van der Waals surface area contributed by atoms with Crippen LogP contribution >= 0.6 is 0 Å². The van der Waals surface area contributed by atoms with Crippen LogP contribution in [-0.2, 0) is 6.54 Å². The van der Waals surface area contributed by atoms with E-state index in [1.165, 1.54) is 12.1 Å². The molecule has 0 amide bonds. The fourth-order valence-electron chi connectivity index (χ4n) is 2.65. The van der Waals surface area contributed by atoms with Gasteiger partial charge in [-0.2, -0.15) is 0 Å². The van der Waals surface area contributed by atoms with Crippen LogP contribution in [0.5, 0.6) is 0 Å². The second-order valence-electron chi connectivity index (χ2n) is 5.71. The lowest BCUT2D eigenvalue weighted by Gasteiger charge is -2.39. The molecule has 1 aromatic carbocycles. The SMILES string of the molecule is CC1CCC(CO)(NCc2ccc(F)cc2F)CC1. The Hall–Kier alpha value is -1.00. The normalized spacial score (nSPS) is 27.5. The summed E-state index contributed by atoms with van der Waals surface area (Å²) in [4.78, 5) is 0. The van der Waals surface area contributed by atoms with E-state index in [0.717, 1.165) is 31.7 Å². The van der Waals surface area contributed by atoms with Gasteiger partial charge in [-0.15, -0.1) is 0 Å². The van der Waals surface area contributed by atoms with Crippen molar-refractivity contribution >= 4 is 0 Å². The first-order chi connectivity index (χ1) is 9.04. The predicted molar refractivity (Wildman–Crippen MR) is 70.6 cm³/mol. The molecule has 1 aliphatic carbocycles. The van der Waals surface area contributed by atoms with E-state index in [4.69, 9.17) is 0 Å². The molecule has 0 aromatic heterocycles. The molecule has 0 aliphatic heterocycles. The molecule has 2 N–H and O–H groups in total. The van der Waals surface area contributed by atoms with Crippen molar-refractivity contribution in [3.05, 3.63) is 35.4 Å². The van der Waals surface area contributed by atoms with Crippen LogP contribution < -0.4 is 5.32 Å². The molecule has 4 heteroatoms. The van der Waals surface area contributed by atoms with Gasteiger partial charge in [0.15, 0.2) is 0 Å². The highest BCUT2D eigenvalue weighted by atomic mass is 19.1. The molecule has 0 unspecified atom stereocenters. The van der Waals surface area contributed by atoms with Gasteiger partial charge in [0.1, 0.15) is 11.6 Å². The molecule has 0 spiro atoms. The van der Waals surface area contributed by atoms with E-state index < -0.39 is 11.6 Å². The summed E-state index contributed by atoms with van der Waals surface area (Å²) in [7, 11) is 0. The van der Waals surface area contributed by atoms with Gasteiger partial charge in [0.2, 0.25) is 0 Å². The Morgan fingerprint density at radius 3 is 2.58 bits per heavy atom. The number of rotatable bonds is 4. The second-order valence-corrected chi connectivity index (χ2v) is 5.71. The number of aliphatic hydroxyl groups excluding tert-OH is 1. The molecule has 0 bridgehead atoms. The minimum absolute atomic E-state index is 0.0581. The van der Waals surface area contributed by atoms with Gasteiger partial charge in [0.25, 0.3) is 0 Å². The highest BCUT2D eigenvalue weighted by Gasteiger charge is 2.33. The highest BCUT2D eigenvalue weighted by molar-refractivity contribution is 5.18. The van der Waals surface area contributed by atoms with Crippen LogP contribution in [0, 0.1) is 17.6 Å². The third-order valence-corrected chi connectivity index (χ3v) is 4.20. The quantitative estimate of drug-likeness (QED) is 0.880. The summed E-state index contributed by atoms with van der Waals surface area (Å²) in [6, 6.07) is 3.61. The van der Waals surface area contributed by atoms with E-state index in [1.807, 2.05) is 0 Å². The van der Waals surface area contributed by atoms with Gasteiger partial charge in [-0.3, -0.25) is 0 Å². The molecule has 1 aliphatic rings. The predicted octanol–water partition coefficient (Wildman–Crippen LogP) is 3.00. The molecule has 19 heavy (non-hydrogen) atoms. The number of benzene rings is 1. The molecular weight excluding hydrogens is 248 g/mol. The molecule has 0 radical (unpaired) electrons. The van der Waals surface area contributed by atoms with Crippen LogP contribution in [0.3, 0.4) is 0 Å². The Morgan fingerprint density at radius 2 is 2.00 bits per heavy atom. The van der Waals surface area contributed by atoms with Crippen LogP contribution in [0.25, 0.3) is 0 Å². The van der Waals surface area contributed by atoms with Crippen molar-refractivity contribution in [2.24, 2.45) is 5.92 Å². The monoisotopic (exact) mass is 269 g/mol. The van der Waals surface area contributed by atoms with Crippen molar-refractivity contribution in [1.29, 1.82) is 0 Å². The Balaban J connectivity index is 2.00. The second kappa shape index (κ2) is 5.97. The Kier molecular flexibility index (Phi) is 4.53. The van der Waals surface area contributed by atoms with Gasteiger partial charge in [-0.25, -0.2) is 8.78 Å². The summed E-state index contributed by atoms with van der Waals surface area (Å²) in [6.07, 6.45) is 3.93. The largest absolute Gasteiger partial charge is 0.394 e. The van der Waals surface area contributed by atoms with Gasteiger partial charge in [-0.1, -0.05) is 13.0 Å². The first kappa shape index (κ1) is 14.4. The molecular formula is C15H21F2NO. The lowest BCUT2D eigenvalue weighted by Crippen LogP contribution is -2.50. The van der Waals surface area contributed by atoms with E-state index in [9.17, 15) is 13.9 Å². The Labute approximate surface area is 112 Å². The number of hydrogen-bond acceptors (Lipinski definition) is 2. The average Bonchev–Trinajstić information content (AvgIpc) is 2.40. The zero-order valence-corrected chi connectivity index (χ0v) is 11.3. The molecule has 0 atom stereocenters. The molecule has 1 saturated carbocycles. The average molecular weight is 269 g/mol. The van der Waals surface area contributed by atoms with Crippen LogP contribution in [0.1, 0.15) is 38.2 Å². The first-order valence-electron chi connectivity index (χ1n) is 6.84. The number of nitrogens with one attached hydrogen (secondary N) is 1. The minimum atomic E-state index is -0.565. The van der Waals surface area contributed by atoms with Gasteiger partial charge < -0.3 is 10.4 Å². The Morgan fingerprint density at radius 1 is 1.32 bits per heavy atom. The van der Waals surface area contributed by atoms with Gasteiger partial charge >= 0.3 is 0 Å². The van der Waals surface area contributed by atoms with E-state index >= 15 is 0 Å². The Bertz CT molecular complexity index is 428. The summed E-state index contributed by atoms with van der Waals surface area (Å²) < 4.78 is 26.4. The summed E-state index contributed by atoms with van der Waals surface area (Å²) >= 11 is 0. The summed E-state index contributed by atoms with van der Waals surface area (Å²) in [6.45, 7) is 2.59. The molecule has 106 valence electrons. The van der Waals surface area contributed by atoms with Crippen molar-refractivity contribution < 1.29 is 13.9 Å². The van der Waals surface area contributed by atoms with E-state index in [1.54, 1.807) is 0 Å². The number of hydrogen-bond donors (Lipinski definition) is 2. The van der Waals surface area contributed by atoms with Gasteiger partial charge in [0, 0.05) is 23.7 Å². The standard InChI is InChI=1S/C15H21F2NO/c1-11-4-6-15(10-19,7-5-11)18-9-12-2-3-13(16)8-14(12)17/h2-3,8,11,18-19H,4-7,9-10H2,1H3. The van der Waals surface area contributed by atoms with Crippen molar-refractivity contribution in [1.82, 2.24) is 5.32 Å². The first-order valence-corrected chi connectivity index (χ1v) is 6.84. The van der Waals surface area contributed by atoms with E-state index in [-0.39, 0.29) is 12.1 Å². The topological polar surface area (TPSA) is 32.3 Å². The van der Waals surface area contributed by atoms with Crippen LogP contribution in [0.4, 0.5) is 8.78 Å². The maximum absolute atomic E-state index is 13.6. The van der Waals surface area contributed by atoms with Gasteiger partial charge in [0.05, 0.1) is 6.61 Å². The van der Waals surface area contributed by atoms with Crippen LogP contribution in [-0.4, -0.2) is 17.3 Å². The fourth-order valence-corrected chi connectivity index (χ4v) is 2.65. The summed E-state index contributed by atoms with van der Waals surface area (Å²) in [5, 5.41) is 12.9. The molecule has 2 nitrogen and oxygen atoms in total. The van der Waals surface area contributed by atoms with E-state index in [2.05, 4.69) is 12.2 Å². The van der Waals surface area contributed by atoms with Crippen molar-refractivity contribution in [3.8, 4) is 0 Å². The maximum atomic E-state index is 13.6. The zero-order valence-electron chi connectivity index (χ0n) is 11.3. The van der Waals surface area contributed by atoms with Crippen LogP contribution in [0.15, 0.2) is 18.2 Å². The maximum Gasteiger partial charge on any atom is 0.130 e. The number of aliphatic hydroxyl groups is 1. The zero-order chi connectivity index (χ0) is 13.9. The molecule has 1 aromatic rings. The third kappa shape index (κ3) is 3.51. The fraction of sp³-hybridized carbons (Fsp3) is 0.600. The molecule has 0 heterocycles. The van der Waals surface area contributed by atoms with Crippen molar-refractivity contribution in [3.63, 3.8) is 0 Å². The molecule has 1 fully saturated rings. The van der Waals surface area contributed by atoms with Crippen molar-refractivity contribution in [2.75, 3.05) is 6.61 Å². The lowest BCUT2D eigenvalue weighted by molar-refractivity contribution is 0.104. The molecule has 0 saturated heterocycles. The summed E-state index contributed by atoms with van der Waals surface area (Å²) in [5.74, 6) is -0.418. The molecule has 2 rings (SSSR count). The smallest absolute Gasteiger partial charge is 0.130 e.